The molecule has 0 atom stereocenters. The van der Waals surface area contributed by atoms with Gasteiger partial charge >= 0.3 is 5.97 Å². The summed E-state index contributed by atoms with van der Waals surface area (Å²) in [6.07, 6.45) is 2.74. The molecule has 26 heavy (non-hydrogen) atoms. The van der Waals surface area contributed by atoms with Crippen LogP contribution in [-0.4, -0.2) is 22.0 Å². The largest absolute Gasteiger partial charge is 0.478 e. The molecular formula is C21H22N2O3. The molecule has 0 saturated carbocycles. The van der Waals surface area contributed by atoms with Crippen LogP contribution in [0, 0.1) is 13.8 Å². The summed E-state index contributed by atoms with van der Waals surface area (Å²) in [6.45, 7) is 7.83. The fourth-order valence-corrected chi connectivity index (χ4v) is 3.51. The lowest BCUT2D eigenvalue weighted by Crippen LogP contribution is -2.15. The van der Waals surface area contributed by atoms with Gasteiger partial charge in [-0.05, 0) is 62.1 Å². The Morgan fingerprint density at radius 2 is 1.96 bits per heavy atom. The molecule has 0 unspecified atom stereocenters. The van der Waals surface area contributed by atoms with Crippen molar-refractivity contribution in [1.29, 1.82) is 0 Å². The first kappa shape index (κ1) is 17.7. The topological polar surface area (TPSA) is 82.2 Å². The van der Waals surface area contributed by atoms with Gasteiger partial charge in [0.1, 0.15) is 0 Å². The maximum Gasteiger partial charge on any atom is 0.335 e. The van der Waals surface area contributed by atoms with Gasteiger partial charge in [0, 0.05) is 28.2 Å². The number of carbonyl (C=O) groups is 2. The van der Waals surface area contributed by atoms with Gasteiger partial charge in [0.05, 0.1) is 5.56 Å². The zero-order valence-corrected chi connectivity index (χ0v) is 15.4. The Morgan fingerprint density at radius 3 is 2.62 bits per heavy atom. The highest BCUT2D eigenvalue weighted by Crippen LogP contribution is 2.32. The molecule has 1 aliphatic heterocycles. The van der Waals surface area contributed by atoms with Crippen LogP contribution in [0.15, 0.2) is 41.1 Å². The first-order valence-corrected chi connectivity index (χ1v) is 8.59. The van der Waals surface area contributed by atoms with E-state index in [1.165, 1.54) is 0 Å². The van der Waals surface area contributed by atoms with Crippen molar-refractivity contribution in [2.24, 2.45) is 0 Å². The average Bonchev–Trinajstić information content (AvgIpc) is 3.03. The first-order valence-electron chi connectivity index (χ1n) is 8.59. The Kier molecular flexibility index (Phi) is 4.55. The highest BCUT2D eigenvalue weighted by molar-refractivity contribution is 6.01. The molecule has 0 fully saturated rings. The number of carbonyl (C=O) groups excluding carboxylic acids is 1. The summed E-state index contributed by atoms with van der Waals surface area (Å²) >= 11 is 0. The van der Waals surface area contributed by atoms with E-state index in [-0.39, 0.29) is 11.5 Å². The number of benzene rings is 1. The lowest BCUT2D eigenvalue weighted by molar-refractivity contribution is -0.116. The summed E-state index contributed by atoms with van der Waals surface area (Å²) in [5.41, 5.74) is 7.61. The SMILES string of the molecule is CCC1=C(C)C(=O)N/C1=C\c1[nH]c(C)c(-c2cccc(C(=O)O)c2)c1C. The molecule has 2 heterocycles. The lowest BCUT2D eigenvalue weighted by Gasteiger charge is -2.05. The Morgan fingerprint density at radius 1 is 1.23 bits per heavy atom. The second kappa shape index (κ2) is 6.67. The van der Waals surface area contributed by atoms with Crippen LogP contribution < -0.4 is 5.32 Å². The van der Waals surface area contributed by atoms with Crippen LogP contribution in [-0.2, 0) is 4.79 Å². The van der Waals surface area contributed by atoms with Crippen molar-refractivity contribution >= 4 is 18.0 Å². The van der Waals surface area contributed by atoms with Crippen molar-refractivity contribution in [1.82, 2.24) is 10.3 Å². The third kappa shape index (κ3) is 2.96. The quantitative estimate of drug-likeness (QED) is 0.773. The molecule has 3 rings (SSSR count). The highest BCUT2D eigenvalue weighted by Gasteiger charge is 2.23. The molecule has 0 spiro atoms. The molecule has 0 saturated heterocycles. The second-order valence-corrected chi connectivity index (χ2v) is 6.52. The van der Waals surface area contributed by atoms with Crippen LogP contribution in [0.25, 0.3) is 17.2 Å². The van der Waals surface area contributed by atoms with E-state index >= 15 is 0 Å². The van der Waals surface area contributed by atoms with E-state index in [0.717, 1.165) is 51.3 Å². The number of allylic oxidation sites excluding steroid dienone is 1. The molecule has 1 aromatic heterocycles. The molecule has 1 amide bonds. The maximum absolute atomic E-state index is 11.9. The predicted octanol–water partition coefficient (Wildman–Crippen LogP) is 4.19. The fourth-order valence-electron chi connectivity index (χ4n) is 3.51. The van der Waals surface area contributed by atoms with E-state index in [1.54, 1.807) is 18.2 Å². The van der Waals surface area contributed by atoms with Gasteiger partial charge < -0.3 is 15.4 Å². The van der Waals surface area contributed by atoms with E-state index < -0.39 is 5.97 Å². The number of aromatic amines is 1. The summed E-state index contributed by atoms with van der Waals surface area (Å²) in [7, 11) is 0. The van der Waals surface area contributed by atoms with Gasteiger partial charge in [0.15, 0.2) is 0 Å². The number of H-pyrrole nitrogens is 1. The molecule has 1 aliphatic rings. The summed E-state index contributed by atoms with van der Waals surface area (Å²) in [4.78, 5) is 26.6. The van der Waals surface area contributed by atoms with Crippen LogP contribution in [0.1, 0.15) is 47.6 Å². The molecule has 0 bridgehead atoms. The summed E-state index contributed by atoms with van der Waals surface area (Å²) < 4.78 is 0. The molecular weight excluding hydrogens is 328 g/mol. The Balaban J connectivity index is 2.08. The molecule has 0 radical (unpaired) electrons. The van der Waals surface area contributed by atoms with Crippen LogP contribution in [0.3, 0.4) is 0 Å². The van der Waals surface area contributed by atoms with E-state index in [0.29, 0.717) is 0 Å². The van der Waals surface area contributed by atoms with Crippen molar-refractivity contribution in [2.45, 2.75) is 34.1 Å². The molecule has 134 valence electrons. The van der Waals surface area contributed by atoms with Gasteiger partial charge in [-0.3, -0.25) is 4.79 Å². The molecule has 5 heteroatoms. The van der Waals surface area contributed by atoms with Gasteiger partial charge in [0.2, 0.25) is 0 Å². The minimum absolute atomic E-state index is 0.0524. The average molecular weight is 350 g/mol. The maximum atomic E-state index is 11.9. The normalized spacial score (nSPS) is 15.7. The predicted molar refractivity (Wildman–Crippen MR) is 102 cm³/mol. The number of hydrogen-bond acceptors (Lipinski definition) is 2. The van der Waals surface area contributed by atoms with E-state index in [2.05, 4.69) is 10.3 Å². The number of rotatable bonds is 4. The Hall–Kier alpha value is -3.08. The van der Waals surface area contributed by atoms with Crippen molar-refractivity contribution in [3.05, 3.63) is 63.6 Å². The first-order chi connectivity index (χ1) is 12.3. The number of aryl methyl sites for hydroxylation is 1. The van der Waals surface area contributed by atoms with Crippen LogP contribution in [0.4, 0.5) is 0 Å². The number of aromatic nitrogens is 1. The Bertz CT molecular complexity index is 977. The van der Waals surface area contributed by atoms with E-state index in [9.17, 15) is 14.7 Å². The zero-order valence-electron chi connectivity index (χ0n) is 15.4. The molecule has 5 nitrogen and oxygen atoms in total. The van der Waals surface area contributed by atoms with E-state index in [4.69, 9.17) is 0 Å². The van der Waals surface area contributed by atoms with Crippen molar-refractivity contribution in [3.8, 4) is 11.1 Å². The highest BCUT2D eigenvalue weighted by atomic mass is 16.4. The number of carboxylic acid groups (broad SMARTS) is 1. The van der Waals surface area contributed by atoms with Crippen molar-refractivity contribution < 1.29 is 14.7 Å². The minimum Gasteiger partial charge on any atom is -0.478 e. The molecule has 2 aromatic rings. The standard InChI is InChI=1S/C21H22N2O3/c1-5-16-11(2)20(24)23-18(16)10-17-12(3)19(13(4)22-17)14-7-6-8-15(9-14)21(25)26/h6-10,22H,5H2,1-4H3,(H,23,24)(H,25,26)/b18-10-. The van der Waals surface area contributed by atoms with Gasteiger partial charge in [0.25, 0.3) is 5.91 Å². The fraction of sp³-hybridized carbons (Fsp3) is 0.238. The third-order valence-electron chi connectivity index (χ3n) is 4.88. The number of amides is 1. The van der Waals surface area contributed by atoms with Crippen LogP contribution in [0.2, 0.25) is 0 Å². The summed E-state index contributed by atoms with van der Waals surface area (Å²) in [5.74, 6) is -0.995. The number of aromatic carboxylic acids is 1. The monoisotopic (exact) mass is 350 g/mol. The van der Waals surface area contributed by atoms with Gasteiger partial charge in [-0.1, -0.05) is 19.1 Å². The van der Waals surface area contributed by atoms with Gasteiger partial charge in [-0.25, -0.2) is 4.79 Å². The molecule has 3 N–H and O–H groups in total. The van der Waals surface area contributed by atoms with Crippen molar-refractivity contribution in [2.75, 3.05) is 0 Å². The van der Waals surface area contributed by atoms with Crippen LogP contribution in [0.5, 0.6) is 0 Å². The van der Waals surface area contributed by atoms with E-state index in [1.807, 2.05) is 39.8 Å². The minimum atomic E-state index is -0.943. The zero-order chi connectivity index (χ0) is 19.0. The lowest BCUT2D eigenvalue weighted by atomic mass is 9.99. The molecule has 1 aromatic carbocycles. The summed E-state index contributed by atoms with van der Waals surface area (Å²) in [6, 6.07) is 6.93. The smallest absolute Gasteiger partial charge is 0.335 e. The summed E-state index contributed by atoms with van der Waals surface area (Å²) in [5, 5.41) is 12.2. The third-order valence-corrected chi connectivity index (χ3v) is 4.88. The number of carboxylic acids is 1. The van der Waals surface area contributed by atoms with Gasteiger partial charge in [-0.2, -0.15) is 0 Å². The van der Waals surface area contributed by atoms with Gasteiger partial charge in [-0.15, -0.1) is 0 Å². The Labute approximate surface area is 152 Å². The molecule has 0 aliphatic carbocycles. The second-order valence-electron chi connectivity index (χ2n) is 6.52. The van der Waals surface area contributed by atoms with Crippen molar-refractivity contribution in [3.63, 3.8) is 0 Å². The number of hydrogen-bond donors (Lipinski definition) is 3. The number of nitrogens with one attached hydrogen (secondary N) is 2. The van der Waals surface area contributed by atoms with Crippen LogP contribution >= 0.6 is 0 Å².